The Hall–Kier alpha value is -2.17. The third kappa shape index (κ3) is 2.54. The monoisotopic (exact) mass is 309 g/mol. The molecule has 1 saturated heterocycles. The molecule has 0 spiro atoms. The van der Waals surface area contributed by atoms with Crippen LogP contribution in [0.3, 0.4) is 0 Å². The zero-order valence-electron chi connectivity index (χ0n) is 13.6. The first kappa shape index (κ1) is 15.7. The Balaban J connectivity index is 2.08. The first-order valence-electron chi connectivity index (χ1n) is 7.91. The van der Waals surface area contributed by atoms with Crippen molar-refractivity contribution in [3.05, 3.63) is 71.8 Å². The fourth-order valence-electron chi connectivity index (χ4n) is 3.58. The highest BCUT2D eigenvalue weighted by atomic mass is 16.2. The van der Waals surface area contributed by atoms with E-state index in [0.29, 0.717) is 0 Å². The molecule has 0 aliphatic carbocycles. The Kier molecular flexibility index (Phi) is 4.20. The van der Waals surface area contributed by atoms with E-state index in [2.05, 4.69) is 29.2 Å². The van der Waals surface area contributed by atoms with Crippen LogP contribution in [0.1, 0.15) is 23.6 Å². The highest BCUT2D eigenvalue weighted by Gasteiger charge is 2.54. The zero-order chi connectivity index (χ0) is 16.4. The van der Waals surface area contributed by atoms with Gasteiger partial charge in [-0.05, 0) is 25.2 Å². The standard InChI is InChI=1S/C19H23N3O/c1-21(2)19(18(20)23)13-14-22(19)17(15-9-5-3-6-10-15)16-11-7-4-8-12-16/h3-12,17H,13-14H2,1-2H3,(H2,20,23). The van der Waals surface area contributed by atoms with E-state index in [9.17, 15) is 4.79 Å². The molecule has 1 heterocycles. The number of hydrogen-bond acceptors (Lipinski definition) is 3. The summed E-state index contributed by atoms with van der Waals surface area (Å²) in [5.74, 6) is -0.286. The lowest BCUT2D eigenvalue weighted by Crippen LogP contribution is -2.73. The molecule has 4 nitrogen and oxygen atoms in total. The summed E-state index contributed by atoms with van der Waals surface area (Å²) in [6.45, 7) is 0.843. The van der Waals surface area contributed by atoms with Gasteiger partial charge in [-0.1, -0.05) is 60.7 Å². The second kappa shape index (κ2) is 6.14. The van der Waals surface area contributed by atoms with Gasteiger partial charge in [0.2, 0.25) is 0 Å². The maximum Gasteiger partial charge on any atom is 0.253 e. The molecule has 1 fully saturated rings. The molecule has 3 rings (SSSR count). The molecule has 23 heavy (non-hydrogen) atoms. The largest absolute Gasteiger partial charge is 0.367 e. The lowest BCUT2D eigenvalue weighted by molar-refractivity contribution is -0.167. The van der Waals surface area contributed by atoms with E-state index in [1.54, 1.807) is 0 Å². The summed E-state index contributed by atoms with van der Waals surface area (Å²) in [5.41, 5.74) is 7.41. The molecule has 0 radical (unpaired) electrons. The van der Waals surface area contributed by atoms with Crippen molar-refractivity contribution in [3.63, 3.8) is 0 Å². The molecular weight excluding hydrogens is 286 g/mol. The molecule has 0 bridgehead atoms. The maximum absolute atomic E-state index is 12.3. The number of hydrogen-bond donors (Lipinski definition) is 1. The van der Waals surface area contributed by atoms with Crippen LogP contribution in [0.25, 0.3) is 0 Å². The van der Waals surface area contributed by atoms with Gasteiger partial charge in [-0.3, -0.25) is 14.6 Å². The van der Waals surface area contributed by atoms with Gasteiger partial charge < -0.3 is 5.73 Å². The molecule has 2 aromatic carbocycles. The lowest BCUT2D eigenvalue weighted by Gasteiger charge is -2.57. The summed E-state index contributed by atoms with van der Waals surface area (Å²) in [7, 11) is 3.84. The van der Waals surface area contributed by atoms with Crippen molar-refractivity contribution in [3.8, 4) is 0 Å². The van der Waals surface area contributed by atoms with Crippen molar-refractivity contribution in [2.24, 2.45) is 5.73 Å². The number of likely N-dealkylation sites (N-methyl/N-ethyl adjacent to an activating group) is 1. The molecule has 1 amide bonds. The number of carbonyl (C=O) groups is 1. The molecule has 1 aliphatic rings. The highest BCUT2D eigenvalue weighted by molar-refractivity contribution is 5.85. The Morgan fingerprint density at radius 3 is 1.83 bits per heavy atom. The van der Waals surface area contributed by atoms with Gasteiger partial charge >= 0.3 is 0 Å². The topological polar surface area (TPSA) is 49.6 Å². The van der Waals surface area contributed by atoms with Gasteiger partial charge in [0, 0.05) is 13.0 Å². The molecule has 0 saturated carbocycles. The predicted molar refractivity (Wildman–Crippen MR) is 91.7 cm³/mol. The zero-order valence-corrected chi connectivity index (χ0v) is 13.6. The molecule has 1 unspecified atom stereocenters. The molecule has 2 aromatic rings. The van der Waals surface area contributed by atoms with Crippen LogP contribution in [-0.2, 0) is 4.79 Å². The fraction of sp³-hybridized carbons (Fsp3) is 0.316. The first-order valence-corrected chi connectivity index (χ1v) is 7.91. The van der Waals surface area contributed by atoms with Crippen molar-refractivity contribution in [1.29, 1.82) is 0 Å². The molecule has 2 N–H and O–H groups in total. The normalized spacial score (nSPS) is 21.4. The van der Waals surface area contributed by atoms with Gasteiger partial charge in [-0.25, -0.2) is 0 Å². The van der Waals surface area contributed by atoms with Crippen molar-refractivity contribution in [2.75, 3.05) is 20.6 Å². The van der Waals surface area contributed by atoms with Gasteiger partial charge in [0.05, 0.1) is 6.04 Å². The predicted octanol–water partition coefficient (Wildman–Crippen LogP) is 2.22. The first-order chi connectivity index (χ1) is 11.1. The van der Waals surface area contributed by atoms with Gasteiger partial charge in [0.25, 0.3) is 5.91 Å². The summed E-state index contributed by atoms with van der Waals surface area (Å²) < 4.78 is 0. The van der Waals surface area contributed by atoms with Gasteiger partial charge in [0.15, 0.2) is 5.66 Å². The minimum absolute atomic E-state index is 0.0149. The third-order valence-corrected chi connectivity index (χ3v) is 4.85. The molecule has 4 heteroatoms. The summed E-state index contributed by atoms with van der Waals surface area (Å²) in [6, 6.07) is 20.6. The number of benzene rings is 2. The number of nitrogens with zero attached hydrogens (tertiary/aromatic N) is 2. The van der Waals surface area contributed by atoms with E-state index in [-0.39, 0.29) is 11.9 Å². The minimum atomic E-state index is -0.726. The summed E-state index contributed by atoms with van der Waals surface area (Å²) in [4.78, 5) is 16.4. The van der Waals surface area contributed by atoms with Gasteiger partial charge in [-0.15, -0.1) is 0 Å². The number of primary amides is 1. The second-order valence-corrected chi connectivity index (χ2v) is 6.24. The van der Waals surface area contributed by atoms with E-state index in [0.717, 1.165) is 13.0 Å². The van der Waals surface area contributed by atoms with E-state index in [4.69, 9.17) is 5.73 Å². The number of rotatable bonds is 5. The SMILES string of the molecule is CN(C)C1(C(N)=O)CCN1C(c1ccccc1)c1ccccc1. The molecular formula is C19H23N3O. The van der Waals surface area contributed by atoms with Crippen LogP contribution in [-0.4, -0.2) is 42.0 Å². The Bertz CT molecular complexity index is 632. The summed E-state index contributed by atoms with van der Waals surface area (Å²) in [5, 5.41) is 0. The second-order valence-electron chi connectivity index (χ2n) is 6.24. The summed E-state index contributed by atoms with van der Waals surface area (Å²) >= 11 is 0. The van der Waals surface area contributed by atoms with Crippen LogP contribution in [0.15, 0.2) is 60.7 Å². The lowest BCUT2D eigenvalue weighted by atomic mass is 9.85. The van der Waals surface area contributed by atoms with E-state index >= 15 is 0 Å². The molecule has 120 valence electrons. The van der Waals surface area contributed by atoms with Gasteiger partial charge in [0.1, 0.15) is 0 Å². The van der Waals surface area contributed by atoms with Crippen molar-refractivity contribution < 1.29 is 4.79 Å². The van der Waals surface area contributed by atoms with Gasteiger partial charge in [-0.2, -0.15) is 0 Å². The van der Waals surface area contributed by atoms with E-state index in [1.807, 2.05) is 55.4 Å². The van der Waals surface area contributed by atoms with Crippen LogP contribution >= 0.6 is 0 Å². The Morgan fingerprint density at radius 2 is 1.52 bits per heavy atom. The number of amides is 1. The van der Waals surface area contributed by atoms with Crippen LogP contribution in [0.5, 0.6) is 0 Å². The quantitative estimate of drug-likeness (QED) is 0.921. The van der Waals surface area contributed by atoms with Crippen LogP contribution in [0, 0.1) is 0 Å². The van der Waals surface area contributed by atoms with E-state index in [1.165, 1.54) is 11.1 Å². The summed E-state index contributed by atoms with van der Waals surface area (Å²) in [6.07, 6.45) is 0.755. The Morgan fingerprint density at radius 1 is 1.04 bits per heavy atom. The Labute approximate surface area is 137 Å². The third-order valence-electron chi connectivity index (χ3n) is 4.85. The number of nitrogens with two attached hydrogens (primary N) is 1. The molecule has 1 aliphatic heterocycles. The van der Waals surface area contributed by atoms with Crippen molar-refractivity contribution in [2.45, 2.75) is 18.1 Å². The van der Waals surface area contributed by atoms with Crippen molar-refractivity contribution in [1.82, 2.24) is 9.80 Å². The molecule has 1 atom stereocenters. The average Bonchev–Trinajstić information content (AvgIpc) is 2.52. The van der Waals surface area contributed by atoms with Crippen LogP contribution < -0.4 is 5.73 Å². The number of likely N-dealkylation sites (tertiary alicyclic amines) is 1. The average molecular weight is 309 g/mol. The minimum Gasteiger partial charge on any atom is -0.367 e. The van der Waals surface area contributed by atoms with Crippen LogP contribution in [0.2, 0.25) is 0 Å². The smallest absolute Gasteiger partial charge is 0.253 e. The van der Waals surface area contributed by atoms with E-state index < -0.39 is 5.66 Å². The van der Waals surface area contributed by atoms with Crippen LogP contribution in [0.4, 0.5) is 0 Å². The number of carbonyl (C=O) groups excluding carboxylic acids is 1. The van der Waals surface area contributed by atoms with Crippen molar-refractivity contribution >= 4 is 5.91 Å². The fourth-order valence-corrected chi connectivity index (χ4v) is 3.58. The highest BCUT2D eigenvalue weighted by Crippen LogP contribution is 2.42. The molecule has 0 aromatic heterocycles. The maximum atomic E-state index is 12.3.